The van der Waals surface area contributed by atoms with Gasteiger partial charge in [-0.2, -0.15) is 0 Å². The number of nitrogens with two attached hydrogens (primary N) is 1. The lowest BCUT2D eigenvalue weighted by Crippen LogP contribution is -2.04. The van der Waals surface area contributed by atoms with Crippen LogP contribution < -0.4 is 5.73 Å². The summed E-state index contributed by atoms with van der Waals surface area (Å²) in [5.74, 6) is -0.115. The van der Waals surface area contributed by atoms with E-state index in [9.17, 15) is 4.79 Å². The molecule has 0 saturated carbocycles. The van der Waals surface area contributed by atoms with Gasteiger partial charge >= 0.3 is 0 Å². The molecule has 0 aliphatic heterocycles. The van der Waals surface area contributed by atoms with Gasteiger partial charge in [-0.25, -0.2) is 0 Å². The van der Waals surface area contributed by atoms with Crippen molar-refractivity contribution in [3.63, 3.8) is 0 Å². The predicted octanol–water partition coefficient (Wildman–Crippen LogP) is 6.37. The Balaban J connectivity index is 1.85. The van der Waals surface area contributed by atoms with Gasteiger partial charge in [0.1, 0.15) is 5.58 Å². The van der Waals surface area contributed by atoms with Crippen molar-refractivity contribution in [2.24, 2.45) is 0 Å². The molecule has 6 heteroatoms. The number of halogens is 2. The molecule has 0 amide bonds. The fraction of sp³-hybridized carbons (Fsp3) is 0.0870. The Kier molecular flexibility index (Phi) is 5.33. The third kappa shape index (κ3) is 3.75. The normalized spacial score (nSPS) is 11.1. The van der Waals surface area contributed by atoms with E-state index in [1.165, 1.54) is 6.07 Å². The number of rotatable bonds is 5. The van der Waals surface area contributed by atoms with Crippen LogP contribution in [0, 0.1) is 0 Å². The highest BCUT2D eigenvalue weighted by Crippen LogP contribution is 2.34. The summed E-state index contributed by atoms with van der Waals surface area (Å²) in [6.45, 7) is 0.233. The number of nitrogen functional groups attached to an aromatic ring is 1. The molecule has 1 aromatic heterocycles. The number of hydrogen-bond acceptors (Lipinski definition) is 4. The second kappa shape index (κ2) is 7.91. The van der Waals surface area contributed by atoms with Crippen LogP contribution in [0.25, 0.3) is 22.1 Å². The maximum atomic E-state index is 13.1. The molecule has 3 aromatic carbocycles. The van der Waals surface area contributed by atoms with Gasteiger partial charge in [-0.05, 0) is 47.5 Å². The van der Waals surface area contributed by atoms with E-state index < -0.39 is 0 Å². The smallest absolute Gasteiger partial charge is 0.230 e. The highest BCUT2D eigenvalue weighted by Gasteiger charge is 2.24. The fourth-order valence-corrected chi connectivity index (χ4v) is 3.81. The first-order valence-corrected chi connectivity index (χ1v) is 9.63. The number of ketones is 1. The third-order valence-electron chi connectivity index (χ3n) is 4.68. The summed E-state index contributed by atoms with van der Waals surface area (Å²) in [4.78, 5) is 13.1. The van der Waals surface area contributed by atoms with Crippen molar-refractivity contribution in [2.45, 2.75) is 6.61 Å². The summed E-state index contributed by atoms with van der Waals surface area (Å²) < 4.78 is 11.3. The van der Waals surface area contributed by atoms with Crippen LogP contribution in [0.5, 0.6) is 0 Å². The van der Waals surface area contributed by atoms with E-state index in [0.717, 1.165) is 16.5 Å². The molecule has 0 atom stereocenters. The van der Waals surface area contributed by atoms with E-state index in [4.69, 9.17) is 38.1 Å². The van der Waals surface area contributed by atoms with Crippen molar-refractivity contribution in [3.8, 4) is 11.1 Å². The average molecular weight is 426 g/mol. The highest BCUT2D eigenvalue weighted by atomic mass is 35.5. The fourth-order valence-electron chi connectivity index (χ4n) is 3.31. The average Bonchev–Trinajstić information content (AvgIpc) is 3.06. The number of ether oxygens (including phenoxy) is 1. The van der Waals surface area contributed by atoms with Crippen molar-refractivity contribution in [1.82, 2.24) is 0 Å². The van der Waals surface area contributed by atoms with Crippen molar-refractivity contribution in [3.05, 3.63) is 87.6 Å². The van der Waals surface area contributed by atoms with Gasteiger partial charge in [0.05, 0.1) is 11.6 Å². The monoisotopic (exact) mass is 425 g/mol. The Morgan fingerprint density at radius 2 is 1.83 bits per heavy atom. The van der Waals surface area contributed by atoms with E-state index >= 15 is 0 Å². The number of methoxy groups -OCH3 is 1. The zero-order valence-corrected chi connectivity index (χ0v) is 17.1. The molecule has 0 unspecified atom stereocenters. The molecular formula is C23H17Cl2NO3. The molecule has 4 rings (SSSR count). The molecule has 0 radical (unpaired) electrons. The largest absolute Gasteiger partial charge is 0.452 e. The third-order valence-corrected chi connectivity index (χ3v) is 5.23. The molecule has 4 nitrogen and oxygen atoms in total. The molecule has 2 N–H and O–H groups in total. The lowest BCUT2D eigenvalue weighted by atomic mass is 10.0. The number of fused-ring (bicyclic) bond motifs is 1. The number of carbonyl (C=O) groups is 1. The molecule has 29 heavy (non-hydrogen) atoms. The Bertz CT molecular complexity index is 1230. The van der Waals surface area contributed by atoms with Crippen LogP contribution in [0.4, 0.5) is 5.69 Å². The Hall–Kier alpha value is -2.79. The molecular weight excluding hydrogens is 409 g/mol. The van der Waals surface area contributed by atoms with Gasteiger partial charge in [-0.15, -0.1) is 0 Å². The van der Waals surface area contributed by atoms with Gasteiger partial charge in [0.25, 0.3) is 0 Å². The zero-order chi connectivity index (χ0) is 20.5. The first-order chi connectivity index (χ1) is 14.0. The summed E-state index contributed by atoms with van der Waals surface area (Å²) in [5.41, 5.74) is 10.1. The molecule has 146 valence electrons. The first kappa shape index (κ1) is 19.5. The summed E-state index contributed by atoms with van der Waals surface area (Å²) in [7, 11) is 1.57. The topological polar surface area (TPSA) is 65.5 Å². The maximum absolute atomic E-state index is 13.1. The van der Waals surface area contributed by atoms with E-state index in [1.54, 1.807) is 19.2 Å². The van der Waals surface area contributed by atoms with Crippen LogP contribution in [0.15, 0.2) is 65.1 Å². The van der Waals surface area contributed by atoms with Crippen LogP contribution in [0.1, 0.15) is 21.7 Å². The number of furan rings is 1. The van der Waals surface area contributed by atoms with Gasteiger partial charge in [-0.1, -0.05) is 47.5 Å². The minimum absolute atomic E-state index is 0.204. The van der Waals surface area contributed by atoms with Gasteiger partial charge in [0.15, 0.2) is 5.76 Å². The van der Waals surface area contributed by atoms with Crippen molar-refractivity contribution < 1.29 is 13.9 Å². The maximum Gasteiger partial charge on any atom is 0.230 e. The highest BCUT2D eigenvalue weighted by molar-refractivity contribution is 6.37. The molecule has 0 saturated heterocycles. The van der Waals surface area contributed by atoms with Gasteiger partial charge in [0.2, 0.25) is 5.78 Å². The van der Waals surface area contributed by atoms with Crippen LogP contribution in [0.3, 0.4) is 0 Å². The van der Waals surface area contributed by atoms with E-state index in [-0.39, 0.29) is 23.2 Å². The van der Waals surface area contributed by atoms with Crippen LogP contribution in [-0.2, 0) is 11.3 Å². The van der Waals surface area contributed by atoms with Crippen LogP contribution in [-0.4, -0.2) is 12.9 Å². The molecule has 0 spiro atoms. The minimum atomic E-state index is -0.319. The Morgan fingerprint density at radius 3 is 2.55 bits per heavy atom. The SMILES string of the molecule is COCc1c(C(=O)c2ccc(Cl)cc2Cl)oc2cc(-c3cccc(N)c3)ccc12. The second-order valence-corrected chi connectivity index (χ2v) is 7.48. The molecule has 0 aliphatic rings. The summed E-state index contributed by atoms with van der Waals surface area (Å²) >= 11 is 12.2. The number of carbonyl (C=O) groups excluding carboxylic acids is 1. The predicted molar refractivity (Wildman–Crippen MR) is 117 cm³/mol. The van der Waals surface area contributed by atoms with Crippen LogP contribution in [0.2, 0.25) is 10.0 Å². The van der Waals surface area contributed by atoms with Crippen molar-refractivity contribution >= 4 is 45.6 Å². The molecule has 0 bridgehead atoms. The van der Waals surface area contributed by atoms with Crippen molar-refractivity contribution in [1.29, 1.82) is 0 Å². The number of benzene rings is 3. The zero-order valence-electron chi connectivity index (χ0n) is 15.5. The second-order valence-electron chi connectivity index (χ2n) is 6.63. The van der Waals surface area contributed by atoms with E-state index in [1.807, 2.05) is 42.5 Å². The molecule has 1 heterocycles. The molecule has 0 aliphatic carbocycles. The van der Waals surface area contributed by atoms with Crippen LogP contribution >= 0.6 is 23.2 Å². The standard InChI is InChI=1S/C23H17Cl2NO3/c1-28-12-19-17-7-5-14(13-3-2-4-16(26)9-13)10-21(17)29-23(19)22(27)18-8-6-15(24)11-20(18)25/h2-11H,12,26H2,1H3. The van der Waals surface area contributed by atoms with Gasteiger partial charge in [0, 0.05) is 34.3 Å². The van der Waals surface area contributed by atoms with Gasteiger partial charge in [-0.3, -0.25) is 4.79 Å². The lowest BCUT2D eigenvalue weighted by Gasteiger charge is -2.04. The Labute approximate surface area is 177 Å². The lowest BCUT2D eigenvalue weighted by molar-refractivity contribution is 0.100. The summed E-state index contributed by atoms with van der Waals surface area (Å²) in [6.07, 6.45) is 0. The number of anilines is 1. The van der Waals surface area contributed by atoms with E-state index in [0.29, 0.717) is 27.4 Å². The Morgan fingerprint density at radius 1 is 1.03 bits per heavy atom. The summed E-state index contributed by atoms with van der Waals surface area (Å²) in [6, 6.07) is 18.1. The first-order valence-electron chi connectivity index (χ1n) is 8.88. The molecule has 0 fully saturated rings. The van der Waals surface area contributed by atoms with E-state index in [2.05, 4.69) is 0 Å². The quantitative estimate of drug-likeness (QED) is 0.298. The van der Waals surface area contributed by atoms with Crippen molar-refractivity contribution in [2.75, 3.05) is 12.8 Å². The molecule has 4 aromatic rings. The van der Waals surface area contributed by atoms with Gasteiger partial charge < -0.3 is 14.9 Å². The minimum Gasteiger partial charge on any atom is -0.452 e. The number of hydrogen-bond donors (Lipinski definition) is 1. The summed E-state index contributed by atoms with van der Waals surface area (Å²) in [5, 5.41) is 1.54.